The average Bonchev–Trinajstić information content (AvgIpc) is 3.14. The number of halogens is 2. The lowest BCUT2D eigenvalue weighted by Gasteiger charge is -2.38. The monoisotopic (exact) mass is 446 g/mol. The van der Waals surface area contributed by atoms with Crippen LogP contribution in [0.1, 0.15) is 18.4 Å². The molecular formula is C23H24Cl2N2O3. The molecule has 1 N–H and O–H groups in total. The number of aromatic nitrogens is 1. The van der Waals surface area contributed by atoms with Gasteiger partial charge >= 0.3 is 0 Å². The summed E-state index contributed by atoms with van der Waals surface area (Å²) in [5.41, 5.74) is 1.74. The summed E-state index contributed by atoms with van der Waals surface area (Å²) in [6.45, 7) is 2.03. The van der Waals surface area contributed by atoms with Crippen molar-refractivity contribution >= 4 is 40.0 Å². The number of fused-ring (bicyclic) bond motifs is 1. The van der Waals surface area contributed by atoms with Crippen molar-refractivity contribution in [3.05, 3.63) is 64.3 Å². The third-order valence-corrected chi connectivity index (χ3v) is 6.42. The van der Waals surface area contributed by atoms with Gasteiger partial charge in [0.25, 0.3) is 0 Å². The smallest absolute Gasteiger partial charge is 0.239 e. The zero-order valence-corrected chi connectivity index (χ0v) is 18.3. The SMILES string of the molecule is COc1ccc2c(ccn2CC(=O)NCC2(c3ccc(Cl)cc3Cl)CCOCC2)c1. The Hall–Kier alpha value is -2.21. The second-order valence-electron chi connectivity index (χ2n) is 7.66. The molecule has 1 aliphatic rings. The first-order chi connectivity index (χ1) is 14.5. The molecule has 158 valence electrons. The van der Waals surface area contributed by atoms with E-state index in [1.165, 1.54) is 0 Å². The van der Waals surface area contributed by atoms with Crippen molar-refractivity contribution in [1.82, 2.24) is 9.88 Å². The second-order valence-corrected chi connectivity index (χ2v) is 8.51. The molecule has 1 aromatic heterocycles. The summed E-state index contributed by atoms with van der Waals surface area (Å²) in [6, 6.07) is 13.4. The van der Waals surface area contributed by atoms with E-state index in [1.54, 1.807) is 13.2 Å². The van der Waals surface area contributed by atoms with Gasteiger partial charge in [0.1, 0.15) is 12.3 Å². The summed E-state index contributed by atoms with van der Waals surface area (Å²) in [5, 5.41) is 5.40. The van der Waals surface area contributed by atoms with Crippen LogP contribution in [0.3, 0.4) is 0 Å². The van der Waals surface area contributed by atoms with Crippen molar-refractivity contribution < 1.29 is 14.3 Å². The van der Waals surface area contributed by atoms with Gasteiger partial charge in [-0.1, -0.05) is 29.3 Å². The van der Waals surface area contributed by atoms with Crippen LogP contribution in [0.5, 0.6) is 5.75 Å². The van der Waals surface area contributed by atoms with E-state index in [-0.39, 0.29) is 17.9 Å². The van der Waals surface area contributed by atoms with Gasteiger partial charge < -0.3 is 19.4 Å². The summed E-state index contributed by atoms with van der Waals surface area (Å²) in [4.78, 5) is 12.8. The van der Waals surface area contributed by atoms with Gasteiger partial charge in [0.05, 0.1) is 7.11 Å². The second kappa shape index (κ2) is 8.88. The number of rotatable bonds is 6. The predicted octanol–water partition coefficient (Wildman–Crippen LogP) is 4.82. The van der Waals surface area contributed by atoms with Gasteiger partial charge in [0, 0.05) is 52.3 Å². The summed E-state index contributed by atoms with van der Waals surface area (Å²) in [5.74, 6) is 0.755. The highest BCUT2D eigenvalue weighted by Crippen LogP contribution is 2.39. The molecule has 4 rings (SSSR count). The van der Waals surface area contributed by atoms with Gasteiger partial charge in [-0.15, -0.1) is 0 Å². The topological polar surface area (TPSA) is 52.5 Å². The number of ether oxygens (including phenoxy) is 2. The van der Waals surface area contributed by atoms with E-state index in [4.69, 9.17) is 32.7 Å². The van der Waals surface area contributed by atoms with Gasteiger partial charge in [-0.3, -0.25) is 4.79 Å². The number of nitrogens with one attached hydrogen (secondary N) is 1. The molecular weight excluding hydrogens is 423 g/mol. The van der Waals surface area contributed by atoms with Gasteiger partial charge in [-0.2, -0.15) is 0 Å². The molecule has 2 aromatic carbocycles. The molecule has 0 aliphatic carbocycles. The van der Waals surface area contributed by atoms with Crippen LogP contribution >= 0.6 is 23.2 Å². The van der Waals surface area contributed by atoms with Crippen LogP contribution in [0.15, 0.2) is 48.7 Å². The zero-order chi connectivity index (χ0) is 21.1. The third-order valence-electron chi connectivity index (χ3n) is 5.87. The van der Waals surface area contributed by atoms with E-state index in [1.807, 2.05) is 47.2 Å². The number of methoxy groups -OCH3 is 1. The molecule has 1 amide bonds. The van der Waals surface area contributed by atoms with Gasteiger partial charge in [-0.05, 0) is 54.8 Å². The lowest BCUT2D eigenvalue weighted by molar-refractivity contribution is -0.122. The first-order valence-electron chi connectivity index (χ1n) is 9.94. The number of carbonyl (C=O) groups excluding carboxylic acids is 1. The van der Waals surface area contributed by atoms with E-state index >= 15 is 0 Å². The minimum Gasteiger partial charge on any atom is -0.497 e. The largest absolute Gasteiger partial charge is 0.497 e. The molecule has 0 bridgehead atoms. The van der Waals surface area contributed by atoms with Crippen LogP contribution < -0.4 is 10.1 Å². The van der Waals surface area contributed by atoms with Crippen LogP contribution in [0.25, 0.3) is 10.9 Å². The molecule has 0 atom stereocenters. The Kier molecular flexibility index (Phi) is 6.23. The summed E-state index contributed by atoms with van der Waals surface area (Å²) < 4.78 is 12.8. The Labute approximate surface area is 185 Å². The lowest BCUT2D eigenvalue weighted by Crippen LogP contribution is -2.45. The Bertz CT molecular complexity index is 1060. The van der Waals surface area contributed by atoms with Crippen molar-refractivity contribution in [3.8, 4) is 5.75 Å². The maximum absolute atomic E-state index is 12.8. The normalized spacial score (nSPS) is 15.8. The fraction of sp³-hybridized carbons (Fsp3) is 0.348. The number of amides is 1. The highest BCUT2D eigenvalue weighted by molar-refractivity contribution is 6.35. The van der Waals surface area contributed by atoms with E-state index < -0.39 is 0 Å². The lowest BCUT2D eigenvalue weighted by atomic mass is 9.74. The molecule has 3 aromatic rings. The summed E-state index contributed by atoms with van der Waals surface area (Å²) >= 11 is 12.6. The molecule has 1 fully saturated rings. The van der Waals surface area contributed by atoms with Gasteiger partial charge in [-0.25, -0.2) is 0 Å². The number of hydrogen-bond donors (Lipinski definition) is 1. The summed E-state index contributed by atoms with van der Waals surface area (Å²) in [7, 11) is 1.64. The molecule has 7 heteroatoms. The predicted molar refractivity (Wildman–Crippen MR) is 120 cm³/mol. The van der Waals surface area contributed by atoms with Crippen LogP contribution in [-0.4, -0.2) is 37.3 Å². The van der Waals surface area contributed by atoms with Gasteiger partial charge in [0.2, 0.25) is 5.91 Å². The van der Waals surface area contributed by atoms with E-state index in [9.17, 15) is 4.79 Å². The van der Waals surface area contributed by atoms with Crippen LogP contribution in [0, 0.1) is 0 Å². The Morgan fingerprint density at radius 2 is 1.97 bits per heavy atom. The third kappa shape index (κ3) is 4.29. The van der Waals surface area contributed by atoms with E-state index in [2.05, 4.69) is 5.32 Å². The molecule has 1 saturated heterocycles. The van der Waals surface area contributed by atoms with Gasteiger partial charge in [0.15, 0.2) is 0 Å². The van der Waals surface area contributed by atoms with Crippen molar-refractivity contribution in [2.75, 3.05) is 26.9 Å². The number of hydrogen-bond acceptors (Lipinski definition) is 3. The van der Waals surface area contributed by atoms with Crippen molar-refractivity contribution in [2.24, 2.45) is 0 Å². The van der Waals surface area contributed by atoms with Crippen LogP contribution in [-0.2, 0) is 21.5 Å². The quantitative estimate of drug-likeness (QED) is 0.590. The zero-order valence-electron chi connectivity index (χ0n) is 16.8. The van der Waals surface area contributed by atoms with Crippen molar-refractivity contribution in [3.63, 3.8) is 0 Å². The fourth-order valence-electron chi connectivity index (χ4n) is 4.14. The fourth-order valence-corrected chi connectivity index (χ4v) is 4.75. The molecule has 1 aliphatic heterocycles. The summed E-state index contributed by atoms with van der Waals surface area (Å²) in [6.07, 6.45) is 3.51. The standard InChI is InChI=1S/C23H24Cl2N2O3/c1-29-18-3-5-21-16(12-18)6-9-27(21)14-22(28)26-15-23(7-10-30-11-8-23)19-4-2-17(24)13-20(19)25/h2-6,9,12-13H,7-8,10-11,14-15H2,1H3,(H,26,28). The molecule has 0 saturated carbocycles. The molecule has 0 spiro atoms. The van der Waals surface area contributed by atoms with Crippen LogP contribution in [0.4, 0.5) is 0 Å². The maximum Gasteiger partial charge on any atom is 0.239 e. The van der Waals surface area contributed by atoms with E-state index in [0.717, 1.165) is 35.1 Å². The van der Waals surface area contributed by atoms with Crippen molar-refractivity contribution in [1.29, 1.82) is 0 Å². The first-order valence-corrected chi connectivity index (χ1v) is 10.7. The Morgan fingerprint density at radius 3 is 2.70 bits per heavy atom. The highest BCUT2D eigenvalue weighted by Gasteiger charge is 2.36. The number of carbonyl (C=O) groups is 1. The minimum atomic E-state index is -0.262. The van der Waals surface area contributed by atoms with Crippen LogP contribution in [0.2, 0.25) is 10.0 Å². The van der Waals surface area contributed by atoms with E-state index in [0.29, 0.717) is 29.8 Å². The number of benzene rings is 2. The Morgan fingerprint density at radius 1 is 1.17 bits per heavy atom. The molecule has 2 heterocycles. The first kappa shape index (κ1) is 21.0. The average molecular weight is 447 g/mol. The number of nitrogens with zero attached hydrogens (tertiary/aromatic N) is 1. The molecule has 0 radical (unpaired) electrons. The van der Waals surface area contributed by atoms with Crippen molar-refractivity contribution in [2.45, 2.75) is 24.8 Å². The maximum atomic E-state index is 12.8. The molecule has 5 nitrogen and oxygen atoms in total. The highest BCUT2D eigenvalue weighted by atomic mass is 35.5. The minimum absolute atomic E-state index is 0.0423. The molecule has 0 unspecified atom stereocenters. The Balaban J connectivity index is 1.49. The molecule has 30 heavy (non-hydrogen) atoms.